The summed E-state index contributed by atoms with van der Waals surface area (Å²) in [7, 11) is 0. The zero-order valence-electron chi connectivity index (χ0n) is 9.49. The van der Waals surface area contributed by atoms with Crippen LogP contribution >= 0.6 is 11.3 Å². The highest BCUT2D eigenvalue weighted by molar-refractivity contribution is 7.10. The minimum absolute atomic E-state index is 0.658. The van der Waals surface area contributed by atoms with Gasteiger partial charge in [-0.1, -0.05) is 43.2 Å². The van der Waals surface area contributed by atoms with Crippen LogP contribution in [-0.4, -0.2) is 0 Å². The zero-order chi connectivity index (χ0) is 10.7. The maximum Gasteiger partial charge on any atom is 0.0180 e. The van der Waals surface area contributed by atoms with Crippen molar-refractivity contribution in [3.05, 3.63) is 45.7 Å². The molecule has 1 unspecified atom stereocenters. The highest BCUT2D eigenvalue weighted by Crippen LogP contribution is 2.37. The standard InChI is InChI=1S/C14H18S/c1-3-11-7-8-13(12(4-2)10-11)14-6-5-9-15-14/h5-7,9-10,13H,3-4,8H2,1-2H3. The molecule has 1 aromatic heterocycles. The van der Waals surface area contributed by atoms with E-state index in [1.165, 1.54) is 29.7 Å². The van der Waals surface area contributed by atoms with E-state index in [0.29, 0.717) is 5.92 Å². The van der Waals surface area contributed by atoms with Gasteiger partial charge in [-0.25, -0.2) is 0 Å². The van der Waals surface area contributed by atoms with Crippen LogP contribution in [0.25, 0.3) is 0 Å². The third-order valence-corrected chi connectivity index (χ3v) is 4.12. The monoisotopic (exact) mass is 218 g/mol. The second-order valence-corrected chi connectivity index (χ2v) is 4.99. The van der Waals surface area contributed by atoms with Crippen LogP contribution in [0.2, 0.25) is 0 Å². The molecule has 80 valence electrons. The number of allylic oxidation sites excluding steroid dienone is 4. The van der Waals surface area contributed by atoms with Crippen molar-refractivity contribution >= 4 is 11.3 Å². The van der Waals surface area contributed by atoms with Crippen molar-refractivity contribution in [2.45, 2.75) is 39.0 Å². The first kappa shape index (κ1) is 10.7. The molecule has 0 saturated heterocycles. The van der Waals surface area contributed by atoms with E-state index < -0.39 is 0 Å². The number of hydrogen-bond donors (Lipinski definition) is 0. The van der Waals surface area contributed by atoms with E-state index in [1.54, 1.807) is 5.57 Å². The van der Waals surface area contributed by atoms with Crippen molar-refractivity contribution in [3.8, 4) is 0 Å². The topological polar surface area (TPSA) is 0 Å². The minimum atomic E-state index is 0.658. The van der Waals surface area contributed by atoms with Crippen molar-refractivity contribution < 1.29 is 0 Å². The third-order valence-electron chi connectivity index (χ3n) is 3.14. The molecule has 0 saturated carbocycles. The van der Waals surface area contributed by atoms with Crippen LogP contribution in [-0.2, 0) is 0 Å². The molecule has 1 aliphatic rings. The van der Waals surface area contributed by atoms with Crippen LogP contribution in [0.1, 0.15) is 43.9 Å². The Hall–Kier alpha value is -0.820. The molecule has 0 fully saturated rings. The molecule has 1 aliphatic carbocycles. The molecule has 1 heteroatoms. The van der Waals surface area contributed by atoms with Gasteiger partial charge in [-0.2, -0.15) is 0 Å². The van der Waals surface area contributed by atoms with E-state index in [2.05, 4.69) is 43.5 Å². The molecule has 1 aromatic rings. The SMILES string of the molecule is CCC1=CCC(c2cccs2)C(CC)=C1. The van der Waals surface area contributed by atoms with Gasteiger partial charge in [0.15, 0.2) is 0 Å². The lowest BCUT2D eigenvalue weighted by atomic mass is 9.85. The van der Waals surface area contributed by atoms with Gasteiger partial charge >= 0.3 is 0 Å². The Kier molecular flexibility index (Phi) is 3.42. The average molecular weight is 218 g/mol. The Balaban J connectivity index is 2.24. The summed E-state index contributed by atoms with van der Waals surface area (Å²) in [5.41, 5.74) is 3.12. The first-order valence-electron chi connectivity index (χ1n) is 5.78. The van der Waals surface area contributed by atoms with Gasteiger partial charge in [0, 0.05) is 10.8 Å². The lowest BCUT2D eigenvalue weighted by molar-refractivity contribution is 0.761. The predicted octanol–water partition coefficient (Wildman–Crippen LogP) is 4.91. The first-order chi connectivity index (χ1) is 7.35. The fourth-order valence-electron chi connectivity index (χ4n) is 2.20. The van der Waals surface area contributed by atoms with Crippen LogP contribution in [0.4, 0.5) is 0 Å². The summed E-state index contributed by atoms with van der Waals surface area (Å²) >= 11 is 1.89. The second-order valence-electron chi connectivity index (χ2n) is 4.01. The molecule has 0 amide bonds. The number of hydrogen-bond acceptors (Lipinski definition) is 1. The predicted molar refractivity (Wildman–Crippen MR) is 68.4 cm³/mol. The maximum atomic E-state index is 2.41. The fourth-order valence-corrected chi connectivity index (χ4v) is 3.08. The summed E-state index contributed by atoms with van der Waals surface area (Å²) in [5, 5.41) is 2.18. The first-order valence-corrected chi connectivity index (χ1v) is 6.66. The lowest BCUT2D eigenvalue weighted by Gasteiger charge is -2.22. The zero-order valence-corrected chi connectivity index (χ0v) is 10.3. The summed E-state index contributed by atoms with van der Waals surface area (Å²) in [4.78, 5) is 1.52. The summed E-state index contributed by atoms with van der Waals surface area (Å²) in [5.74, 6) is 0.658. The van der Waals surface area contributed by atoms with Gasteiger partial charge in [-0.05, 0) is 30.7 Å². The van der Waals surface area contributed by atoms with Crippen molar-refractivity contribution in [1.82, 2.24) is 0 Å². The maximum absolute atomic E-state index is 2.41. The molecule has 0 aromatic carbocycles. The molecule has 1 heterocycles. The quantitative estimate of drug-likeness (QED) is 0.676. The average Bonchev–Trinajstić information content (AvgIpc) is 2.81. The van der Waals surface area contributed by atoms with Crippen molar-refractivity contribution in [1.29, 1.82) is 0 Å². The van der Waals surface area contributed by atoms with Crippen LogP contribution in [0.3, 0.4) is 0 Å². The number of rotatable bonds is 3. The van der Waals surface area contributed by atoms with Crippen LogP contribution in [0.15, 0.2) is 40.8 Å². The summed E-state index contributed by atoms with van der Waals surface area (Å²) in [6, 6.07) is 4.43. The minimum Gasteiger partial charge on any atom is -0.148 e. The van der Waals surface area contributed by atoms with Crippen LogP contribution < -0.4 is 0 Å². The Bertz CT molecular complexity index is 368. The molecule has 0 spiro atoms. The van der Waals surface area contributed by atoms with E-state index in [0.717, 1.165) is 0 Å². The van der Waals surface area contributed by atoms with E-state index >= 15 is 0 Å². The van der Waals surface area contributed by atoms with Gasteiger partial charge in [0.25, 0.3) is 0 Å². The Morgan fingerprint density at radius 3 is 2.80 bits per heavy atom. The highest BCUT2D eigenvalue weighted by atomic mass is 32.1. The normalized spacial score (nSPS) is 21.1. The molecule has 0 bridgehead atoms. The van der Waals surface area contributed by atoms with E-state index in [9.17, 15) is 0 Å². The Morgan fingerprint density at radius 2 is 2.20 bits per heavy atom. The molecular weight excluding hydrogens is 200 g/mol. The van der Waals surface area contributed by atoms with Crippen molar-refractivity contribution in [2.75, 3.05) is 0 Å². The molecule has 0 aliphatic heterocycles. The third kappa shape index (κ3) is 2.23. The van der Waals surface area contributed by atoms with Gasteiger partial charge in [-0.15, -0.1) is 11.3 Å². The Morgan fingerprint density at radius 1 is 1.33 bits per heavy atom. The molecule has 0 N–H and O–H groups in total. The van der Waals surface area contributed by atoms with Crippen molar-refractivity contribution in [2.24, 2.45) is 0 Å². The number of thiophene rings is 1. The van der Waals surface area contributed by atoms with Gasteiger partial charge in [-0.3, -0.25) is 0 Å². The van der Waals surface area contributed by atoms with Crippen LogP contribution in [0.5, 0.6) is 0 Å². The lowest BCUT2D eigenvalue weighted by Crippen LogP contribution is -2.04. The second kappa shape index (κ2) is 4.80. The molecular formula is C14H18S. The molecule has 0 radical (unpaired) electrons. The molecule has 15 heavy (non-hydrogen) atoms. The smallest absolute Gasteiger partial charge is 0.0180 e. The molecule has 2 rings (SSSR count). The Labute approximate surface area is 96.3 Å². The van der Waals surface area contributed by atoms with Gasteiger partial charge < -0.3 is 0 Å². The van der Waals surface area contributed by atoms with E-state index in [-0.39, 0.29) is 0 Å². The van der Waals surface area contributed by atoms with E-state index in [4.69, 9.17) is 0 Å². The van der Waals surface area contributed by atoms with E-state index in [1.807, 2.05) is 11.3 Å². The summed E-state index contributed by atoms with van der Waals surface area (Å²) < 4.78 is 0. The van der Waals surface area contributed by atoms with Gasteiger partial charge in [0.2, 0.25) is 0 Å². The highest BCUT2D eigenvalue weighted by Gasteiger charge is 2.18. The summed E-state index contributed by atoms with van der Waals surface area (Å²) in [6.07, 6.45) is 8.36. The van der Waals surface area contributed by atoms with Crippen LogP contribution in [0, 0.1) is 0 Å². The largest absolute Gasteiger partial charge is 0.148 e. The fraction of sp³-hybridized carbons (Fsp3) is 0.429. The molecule has 0 nitrogen and oxygen atoms in total. The van der Waals surface area contributed by atoms with Gasteiger partial charge in [0.1, 0.15) is 0 Å². The molecule has 1 atom stereocenters. The summed E-state index contributed by atoms with van der Waals surface area (Å²) in [6.45, 7) is 4.51. The van der Waals surface area contributed by atoms with Gasteiger partial charge in [0.05, 0.1) is 0 Å². The van der Waals surface area contributed by atoms with Crippen molar-refractivity contribution in [3.63, 3.8) is 0 Å².